The van der Waals surface area contributed by atoms with Gasteiger partial charge in [0.2, 0.25) is 0 Å². The van der Waals surface area contributed by atoms with Gasteiger partial charge in [-0.25, -0.2) is 0 Å². The van der Waals surface area contributed by atoms with E-state index in [-0.39, 0.29) is 0 Å². The van der Waals surface area contributed by atoms with Crippen LogP contribution in [0.3, 0.4) is 0 Å². The summed E-state index contributed by atoms with van der Waals surface area (Å²) >= 11 is 0. The Morgan fingerprint density at radius 2 is 2.00 bits per heavy atom. The quantitative estimate of drug-likeness (QED) is 0.750. The van der Waals surface area contributed by atoms with Crippen LogP contribution in [0.1, 0.15) is 30.4 Å². The van der Waals surface area contributed by atoms with E-state index in [1.165, 1.54) is 36.8 Å². The minimum Gasteiger partial charge on any atom is -0.326 e. The first kappa shape index (κ1) is 8.76. The van der Waals surface area contributed by atoms with Gasteiger partial charge in [0.1, 0.15) is 0 Å². The summed E-state index contributed by atoms with van der Waals surface area (Å²) in [6, 6.07) is 8.69. The molecule has 70 valence electrons. The van der Waals surface area contributed by atoms with Crippen LogP contribution >= 0.6 is 0 Å². The summed E-state index contributed by atoms with van der Waals surface area (Å²) in [5.41, 5.74) is 8.32. The molecule has 13 heavy (non-hydrogen) atoms. The zero-order valence-electron chi connectivity index (χ0n) is 8.00. The molecule has 0 saturated heterocycles. The fourth-order valence-corrected chi connectivity index (χ4v) is 1.91. The number of benzene rings is 1. The molecule has 0 atom stereocenters. The van der Waals surface area contributed by atoms with Gasteiger partial charge in [-0.2, -0.15) is 0 Å². The lowest BCUT2D eigenvalue weighted by Gasteiger charge is -2.25. The summed E-state index contributed by atoms with van der Waals surface area (Å²) in [7, 11) is 0. The van der Waals surface area contributed by atoms with Crippen molar-refractivity contribution in [1.82, 2.24) is 0 Å². The highest BCUT2D eigenvalue weighted by atomic mass is 14.5. The maximum Gasteiger partial charge on any atom is 0.0178 e. The predicted molar refractivity (Wildman–Crippen MR) is 55.4 cm³/mol. The average Bonchev–Trinajstić information content (AvgIpc) is 2.12. The number of rotatable bonds is 3. The normalized spacial score (nSPS) is 17.0. The number of hydrogen-bond donors (Lipinski definition) is 1. The molecule has 0 heterocycles. The molecule has 1 heteroatoms. The van der Waals surface area contributed by atoms with Gasteiger partial charge in [-0.1, -0.05) is 43.5 Å². The molecule has 1 aromatic rings. The summed E-state index contributed by atoms with van der Waals surface area (Å²) in [6.07, 6.45) is 5.54. The van der Waals surface area contributed by atoms with Crippen molar-refractivity contribution >= 4 is 0 Å². The lowest BCUT2D eigenvalue weighted by molar-refractivity contribution is 0.314. The third-order valence-electron chi connectivity index (χ3n) is 2.98. The minimum atomic E-state index is 0.665. The van der Waals surface area contributed by atoms with Gasteiger partial charge >= 0.3 is 0 Å². The van der Waals surface area contributed by atoms with Crippen LogP contribution < -0.4 is 5.73 Å². The first-order valence-electron chi connectivity index (χ1n) is 5.16. The molecule has 0 aliphatic heterocycles. The highest BCUT2D eigenvalue weighted by Crippen LogP contribution is 2.29. The first-order valence-corrected chi connectivity index (χ1v) is 5.16. The Bertz CT molecular complexity index is 276. The summed E-state index contributed by atoms with van der Waals surface area (Å²) < 4.78 is 0. The van der Waals surface area contributed by atoms with Crippen molar-refractivity contribution in [3.63, 3.8) is 0 Å². The zero-order chi connectivity index (χ0) is 9.10. The molecule has 0 aromatic heterocycles. The Labute approximate surface area is 80.0 Å². The van der Waals surface area contributed by atoms with Crippen LogP contribution in [0, 0.1) is 5.92 Å². The van der Waals surface area contributed by atoms with Gasteiger partial charge in [0.05, 0.1) is 0 Å². The van der Waals surface area contributed by atoms with Crippen LogP contribution in [-0.2, 0) is 13.0 Å². The van der Waals surface area contributed by atoms with Crippen LogP contribution in [0.2, 0.25) is 0 Å². The third-order valence-corrected chi connectivity index (χ3v) is 2.98. The Morgan fingerprint density at radius 1 is 1.23 bits per heavy atom. The molecule has 1 aliphatic rings. The molecule has 1 fully saturated rings. The van der Waals surface area contributed by atoms with E-state index in [0.717, 1.165) is 5.92 Å². The van der Waals surface area contributed by atoms with Crippen LogP contribution in [0.5, 0.6) is 0 Å². The average molecular weight is 175 g/mol. The molecule has 0 spiro atoms. The molecular weight excluding hydrogens is 158 g/mol. The summed E-state index contributed by atoms with van der Waals surface area (Å²) in [5, 5.41) is 0. The topological polar surface area (TPSA) is 26.0 Å². The van der Waals surface area contributed by atoms with E-state index in [1.807, 2.05) is 0 Å². The van der Waals surface area contributed by atoms with Crippen molar-refractivity contribution in [1.29, 1.82) is 0 Å². The second kappa shape index (κ2) is 3.93. The van der Waals surface area contributed by atoms with Crippen LogP contribution in [0.4, 0.5) is 0 Å². The molecule has 2 N–H and O–H groups in total. The molecule has 0 unspecified atom stereocenters. The van der Waals surface area contributed by atoms with Gasteiger partial charge in [0, 0.05) is 6.54 Å². The fraction of sp³-hybridized carbons (Fsp3) is 0.500. The molecule has 0 amide bonds. The molecule has 0 radical (unpaired) electrons. The lowest BCUT2D eigenvalue weighted by Crippen LogP contribution is -2.13. The largest absolute Gasteiger partial charge is 0.326 e. The first-order chi connectivity index (χ1) is 6.38. The summed E-state index contributed by atoms with van der Waals surface area (Å²) in [6.45, 7) is 0.665. The Morgan fingerprint density at radius 3 is 2.62 bits per heavy atom. The zero-order valence-corrected chi connectivity index (χ0v) is 8.00. The smallest absolute Gasteiger partial charge is 0.0178 e. The fourth-order valence-electron chi connectivity index (χ4n) is 1.91. The Kier molecular flexibility index (Phi) is 2.65. The molecule has 0 bridgehead atoms. The van der Waals surface area contributed by atoms with E-state index in [9.17, 15) is 0 Å². The van der Waals surface area contributed by atoms with E-state index < -0.39 is 0 Å². The number of nitrogens with two attached hydrogens (primary N) is 1. The van der Waals surface area contributed by atoms with Crippen molar-refractivity contribution in [2.75, 3.05) is 0 Å². The molecule has 1 aliphatic carbocycles. The van der Waals surface area contributed by atoms with Gasteiger partial charge in [0.15, 0.2) is 0 Å². The Balaban J connectivity index is 2.01. The van der Waals surface area contributed by atoms with E-state index >= 15 is 0 Å². The van der Waals surface area contributed by atoms with Crippen LogP contribution in [0.25, 0.3) is 0 Å². The Hall–Kier alpha value is -0.820. The maximum absolute atomic E-state index is 5.60. The van der Waals surface area contributed by atoms with Crippen molar-refractivity contribution in [3.05, 3.63) is 35.4 Å². The molecule has 1 aromatic carbocycles. The van der Waals surface area contributed by atoms with Crippen LogP contribution in [0.15, 0.2) is 24.3 Å². The molecule has 1 saturated carbocycles. The highest BCUT2D eigenvalue weighted by Gasteiger charge is 2.17. The third kappa shape index (κ3) is 2.10. The monoisotopic (exact) mass is 175 g/mol. The van der Waals surface area contributed by atoms with Crippen molar-refractivity contribution in [3.8, 4) is 0 Å². The van der Waals surface area contributed by atoms with Crippen molar-refractivity contribution in [2.24, 2.45) is 11.7 Å². The molecule has 1 nitrogen and oxygen atoms in total. The predicted octanol–water partition coefficient (Wildman–Crippen LogP) is 2.49. The van der Waals surface area contributed by atoms with Gasteiger partial charge in [0.25, 0.3) is 0 Å². The molecule has 2 rings (SSSR count). The van der Waals surface area contributed by atoms with E-state index in [0.29, 0.717) is 6.54 Å². The summed E-state index contributed by atoms with van der Waals surface area (Å²) in [5.74, 6) is 0.952. The van der Waals surface area contributed by atoms with Gasteiger partial charge in [-0.15, -0.1) is 0 Å². The standard InChI is InChI=1S/C12H17N/c13-9-12-6-2-5-11(8-12)7-10-3-1-4-10/h2,5-6,8,10H,1,3-4,7,9,13H2. The van der Waals surface area contributed by atoms with E-state index in [2.05, 4.69) is 24.3 Å². The van der Waals surface area contributed by atoms with Gasteiger partial charge in [-0.3, -0.25) is 0 Å². The summed E-state index contributed by atoms with van der Waals surface area (Å²) in [4.78, 5) is 0. The van der Waals surface area contributed by atoms with Gasteiger partial charge in [-0.05, 0) is 23.5 Å². The van der Waals surface area contributed by atoms with E-state index in [1.54, 1.807) is 0 Å². The van der Waals surface area contributed by atoms with E-state index in [4.69, 9.17) is 5.73 Å². The SMILES string of the molecule is NCc1cccc(CC2CCC2)c1. The highest BCUT2D eigenvalue weighted by molar-refractivity contribution is 5.23. The second-order valence-corrected chi connectivity index (χ2v) is 4.03. The minimum absolute atomic E-state index is 0.665. The van der Waals surface area contributed by atoms with Gasteiger partial charge < -0.3 is 5.73 Å². The lowest BCUT2D eigenvalue weighted by atomic mass is 9.81. The van der Waals surface area contributed by atoms with Crippen molar-refractivity contribution < 1.29 is 0 Å². The maximum atomic E-state index is 5.60. The molecular formula is C12H17N. The van der Waals surface area contributed by atoms with Crippen LogP contribution in [-0.4, -0.2) is 0 Å². The number of hydrogen-bond acceptors (Lipinski definition) is 1. The van der Waals surface area contributed by atoms with Crippen molar-refractivity contribution in [2.45, 2.75) is 32.2 Å². The second-order valence-electron chi connectivity index (χ2n) is 4.03.